The quantitative estimate of drug-likeness (QED) is 0.0375. The molecule has 0 bridgehead atoms. The Bertz CT molecular complexity index is 417. The van der Waals surface area contributed by atoms with Gasteiger partial charge in [-0.05, 0) is 51.4 Å². The van der Waals surface area contributed by atoms with Gasteiger partial charge in [-0.15, -0.1) is 0 Å². The zero-order valence-electron chi connectivity index (χ0n) is 23.0. The van der Waals surface area contributed by atoms with Gasteiger partial charge >= 0.3 is 0 Å². The van der Waals surface area contributed by atoms with Gasteiger partial charge < -0.3 is 14.2 Å². The maximum atomic E-state index is 6.03. The van der Waals surface area contributed by atoms with Crippen molar-refractivity contribution in [2.24, 2.45) is 0 Å². The molecule has 0 fully saturated rings. The largest absolute Gasteiger partial charge is 0.356 e. The van der Waals surface area contributed by atoms with E-state index in [2.05, 4.69) is 56.2 Å². The lowest BCUT2D eigenvalue weighted by Gasteiger charge is -2.22. The number of halogens is 2. The molecule has 2 unspecified atom stereocenters. The predicted octanol–water partition coefficient (Wildman–Crippen LogP) is 10.7. The summed E-state index contributed by atoms with van der Waals surface area (Å²) in [6.07, 6.45) is 33.8. The Morgan fingerprint density at radius 3 is 1.11 bits per heavy atom. The molecule has 0 aliphatic heterocycles. The van der Waals surface area contributed by atoms with Crippen LogP contribution in [0.3, 0.4) is 0 Å². The molecule has 0 aromatic carbocycles. The number of unbranched alkanes of at least 4 members (excludes halogenated alkanes) is 14. The van der Waals surface area contributed by atoms with Crippen LogP contribution in [0.2, 0.25) is 0 Å². The highest BCUT2D eigenvalue weighted by Gasteiger charge is 2.14. The third-order valence-corrected chi connectivity index (χ3v) is 7.43. The fraction of sp³-hybridized carbons (Fsp3) is 0.867. The number of allylic oxidation sites excluding steroid dienone is 4. The molecule has 0 heterocycles. The number of methoxy groups -OCH3 is 2. The zero-order valence-corrected chi connectivity index (χ0v) is 26.2. The Hall–Kier alpha value is 0.320. The molecule has 5 heteroatoms. The minimum atomic E-state index is -0.206. The van der Waals surface area contributed by atoms with Gasteiger partial charge in [-0.1, -0.05) is 120 Å². The first-order valence-electron chi connectivity index (χ1n) is 14.4. The molecular weight excluding hydrogens is 568 g/mol. The van der Waals surface area contributed by atoms with E-state index in [4.69, 9.17) is 14.2 Å². The summed E-state index contributed by atoms with van der Waals surface area (Å²) in [7, 11) is 3.45. The Morgan fingerprint density at radius 2 is 0.771 bits per heavy atom. The first-order chi connectivity index (χ1) is 17.3. The van der Waals surface area contributed by atoms with Gasteiger partial charge in [0.25, 0.3) is 0 Å². The van der Waals surface area contributed by atoms with Crippen LogP contribution in [0.15, 0.2) is 24.3 Å². The minimum Gasteiger partial charge on any atom is -0.356 e. The highest BCUT2D eigenvalue weighted by atomic mass is 79.9. The monoisotopic (exact) mass is 622 g/mol. The highest BCUT2D eigenvalue weighted by Crippen LogP contribution is 2.14. The van der Waals surface area contributed by atoms with E-state index in [0.717, 1.165) is 36.3 Å². The van der Waals surface area contributed by atoms with Gasteiger partial charge in [0.2, 0.25) is 0 Å². The molecule has 0 saturated heterocycles. The number of ether oxygens (including phenoxy) is 3. The van der Waals surface area contributed by atoms with Crippen LogP contribution in [-0.2, 0) is 14.2 Å². The normalized spacial score (nSPS) is 13.8. The third kappa shape index (κ3) is 27.2. The van der Waals surface area contributed by atoms with Crippen molar-refractivity contribution < 1.29 is 14.2 Å². The first-order valence-corrected chi connectivity index (χ1v) is 16.7. The number of rotatable bonds is 28. The van der Waals surface area contributed by atoms with Crippen LogP contribution in [0.1, 0.15) is 128 Å². The van der Waals surface area contributed by atoms with Gasteiger partial charge in [0.05, 0.1) is 0 Å². The molecule has 0 aromatic heterocycles. The van der Waals surface area contributed by atoms with E-state index in [9.17, 15) is 0 Å². The van der Waals surface area contributed by atoms with E-state index in [1.54, 1.807) is 14.2 Å². The van der Waals surface area contributed by atoms with Crippen LogP contribution in [0.5, 0.6) is 0 Å². The standard InChI is InChI=1S/C30H56Br2O3/c1-33-29(25-21-17-13-9-5-3-7-11-15-19-23-27-31)35-30(34-2)26-22-18-14-10-6-4-8-12-16-20-24-28-32/h13-14,17-18,29-30H,3-12,15-16,19-28H2,1-2H3. The first kappa shape index (κ1) is 35.3. The van der Waals surface area contributed by atoms with Crippen LogP contribution in [-0.4, -0.2) is 37.5 Å². The highest BCUT2D eigenvalue weighted by molar-refractivity contribution is 9.09. The molecule has 3 nitrogen and oxygen atoms in total. The molecule has 2 atom stereocenters. The van der Waals surface area contributed by atoms with E-state index in [-0.39, 0.29) is 12.6 Å². The van der Waals surface area contributed by atoms with E-state index < -0.39 is 0 Å². The second-order valence-electron chi connectivity index (χ2n) is 9.47. The molecule has 0 saturated carbocycles. The van der Waals surface area contributed by atoms with Gasteiger partial charge in [-0.3, -0.25) is 0 Å². The summed E-state index contributed by atoms with van der Waals surface area (Å²) in [4.78, 5) is 0. The summed E-state index contributed by atoms with van der Waals surface area (Å²) >= 11 is 7.00. The molecule has 35 heavy (non-hydrogen) atoms. The topological polar surface area (TPSA) is 27.7 Å². The van der Waals surface area contributed by atoms with Crippen molar-refractivity contribution >= 4 is 31.9 Å². The Kier molecular flexibility index (Phi) is 30.8. The van der Waals surface area contributed by atoms with Crippen molar-refractivity contribution in [3.63, 3.8) is 0 Å². The molecule has 0 aliphatic rings. The fourth-order valence-corrected chi connectivity index (χ4v) is 4.86. The van der Waals surface area contributed by atoms with Gasteiger partial charge in [-0.2, -0.15) is 0 Å². The number of hydrogen-bond donors (Lipinski definition) is 0. The summed E-state index contributed by atoms with van der Waals surface area (Å²) in [6, 6.07) is 0. The maximum Gasteiger partial charge on any atom is 0.160 e. The van der Waals surface area contributed by atoms with Crippen LogP contribution in [0, 0.1) is 0 Å². The van der Waals surface area contributed by atoms with Crippen molar-refractivity contribution in [2.45, 2.75) is 141 Å². The van der Waals surface area contributed by atoms with Gasteiger partial charge in [0.1, 0.15) is 0 Å². The summed E-state index contributed by atoms with van der Waals surface area (Å²) in [5.74, 6) is 0. The molecule has 0 radical (unpaired) electrons. The van der Waals surface area contributed by atoms with E-state index in [1.165, 1.54) is 103 Å². The molecule has 0 amide bonds. The van der Waals surface area contributed by atoms with Crippen LogP contribution in [0.25, 0.3) is 0 Å². The lowest BCUT2D eigenvalue weighted by Crippen LogP contribution is -2.25. The summed E-state index contributed by atoms with van der Waals surface area (Å²) in [5, 5.41) is 2.30. The number of hydrogen-bond acceptors (Lipinski definition) is 3. The molecule has 0 rings (SSSR count). The molecule has 208 valence electrons. The Balaban J connectivity index is 3.72. The Labute approximate surface area is 235 Å². The van der Waals surface area contributed by atoms with Crippen molar-refractivity contribution in [1.82, 2.24) is 0 Å². The second-order valence-corrected chi connectivity index (χ2v) is 11.1. The molecule has 0 spiro atoms. The summed E-state index contributed by atoms with van der Waals surface area (Å²) in [6.45, 7) is 0. The predicted molar refractivity (Wildman–Crippen MR) is 161 cm³/mol. The average Bonchev–Trinajstić information content (AvgIpc) is 2.88. The van der Waals surface area contributed by atoms with Gasteiger partial charge in [0.15, 0.2) is 12.6 Å². The van der Waals surface area contributed by atoms with Crippen molar-refractivity contribution in [2.75, 3.05) is 24.9 Å². The average molecular weight is 625 g/mol. The molecule has 0 aliphatic carbocycles. The van der Waals surface area contributed by atoms with E-state index >= 15 is 0 Å². The Morgan fingerprint density at radius 1 is 0.457 bits per heavy atom. The molecular formula is C30H56Br2O3. The smallest absolute Gasteiger partial charge is 0.160 e. The van der Waals surface area contributed by atoms with Gasteiger partial charge in [-0.25, -0.2) is 0 Å². The lowest BCUT2D eigenvalue weighted by molar-refractivity contribution is -0.232. The van der Waals surface area contributed by atoms with E-state index in [1.807, 2.05) is 0 Å². The molecule has 0 aromatic rings. The fourth-order valence-electron chi connectivity index (χ4n) is 4.07. The van der Waals surface area contributed by atoms with Crippen molar-refractivity contribution in [3.8, 4) is 0 Å². The molecule has 0 N–H and O–H groups in total. The van der Waals surface area contributed by atoms with Crippen molar-refractivity contribution in [3.05, 3.63) is 24.3 Å². The lowest BCUT2D eigenvalue weighted by atomic mass is 10.1. The maximum absolute atomic E-state index is 6.03. The minimum absolute atomic E-state index is 0.206. The second kappa shape index (κ2) is 30.5. The summed E-state index contributed by atoms with van der Waals surface area (Å²) in [5.41, 5.74) is 0. The SMILES string of the molecule is COC(CCC=CCCCCCCCCCBr)OC(CCC=CCCCCCCCCCBr)OC. The number of alkyl halides is 2. The van der Waals surface area contributed by atoms with Crippen LogP contribution in [0.4, 0.5) is 0 Å². The van der Waals surface area contributed by atoms with E-state index in [0.29, 0.717) is 0 Å². The van der Waals surface area contributed by atoms with Crippen molar-refractivity contribution in [1.29, 1.82) is 0 Å². The van der Waals surface area contributed by atoms with Crippen LogP contribution >= 0.6 is 31.9 Å². The zero-order chi connectivity index (χ0) is 25.7. The third-order valence-electron chi connectivity index (χ3n) is 6.31. The van der Waals surface area contributed by atoms with Crippen LogP contribution < -0.4 is 0 Å². The summed E-state index contributed by atoms with van der Waals surface area (Å²) < 4.78 is 17.1. The van der Waals surface area contributed by atoms with Gasteiger partial charge in [0, 0.05) is 37.7 Å².